The fourth-order valence-electron chi connectivity index (χ4n) is 1.59. The molecule has 0 heterocycles. The maximum absolute atomic E-state index is 13.7. The van der Waals surface area contributed by atoms with Crippen LogP contribution in [0.4, 0.5) is 15.8 Å². The Kier molecular flexibility index (Phi) is 5.03. The van der Waals surface area contributed by atoms with E-state index in [0.717, 1.165) is 6.42 Å². The van der Waals surface area contributed by atoms with Gasteiger partial charge in [0.2, 0.25) is 0 Å². The molecule has 0 spiro atoms. The zero-order valence-electron chi connectivity index (χ0n) is 10.5. The molecule has 1 aromatic carbocycles. The van der Waals surface area contributed by atoms with Gasteiger partial charge in [-0.3, -0.25) is 0 Å². The summed E-state index contributed by atoms with van der Waals surface area (Å²) in [7, 11) is 4.98. The standard InChI is InChI=1S/C12H19FN2O2/c1-15(5-4-6-16-2)11-8-12(17-3)10(14)7-9(11)13/h7-8H,4-6,14H2,1-3H3. The molecular weight excluding hydrogens is 223 g/mol. The quantitative estimate of drug-likeness (QED) is 0.611. The predicted molar refractivity (Wildman–Crippen MR) is 67.1 cm³/mol. The molecule has 0 fully saturated rings. The van der Waals surface area contributed by atoms with Gasteiger partial charge in [0.1, 0.15) is 11.6 Å². The van der Waals surface area contributed by atoms with Crippen LogP contribution in [0.3, 0.4) is 0 Å². The van der Waals surface area contributed by atoms with Crippen LogP contribution >= 0.6 is 0 Å². The first-order valence-electron chi connectivity index (χ1n) is 5.43. The number of methoxy groups -OCH3 is 2. The normalized spacial score (nSPS) is 10.4. The molecule has 96 valence electrons. The van der Waals surface area contributed by atoms with Crippen molar-refractivity contribution in [3.63, 3.8) is 0 Å². The summed E-state index contributed by atoms with van der Waals surface area (Å²) in [6.45, 7) is 1.36. The lowest BCUT2D eigenvalue weighted by molar-refractivity contribution is 0.196. The summed E-state index contributed by atoms with van der Waals surface area (Å²) in [5.74, 6) is 0.142. The van der Waals surface area contributed by atoms with Crippen LogP contribution in [0, 0.1) is 5.82 Å². The van der Waals surface area contributed by atoms with E-state index >= 15 is 0 Å². The van der Waals surface area contributed by atoms with Crippen molar-refractivity contribution in [2.75, 3.05) is 45.1 Å². The molecule has 0 atom stereocenters. The number of nitrogens with zero attached hydrogens (tertiary/aromatic N) is 1. The average Bonchev–Trinajstić information content (AvgIpc) is 2.29. The molecule has 0 bridgehead atoms. The third kappa shape index (κ3) is 3.49. The minimum Gasteiger partial charge on any atom is -0.495 e. The highest BCUT2D eigenvalue weighted by Gasteiger charge is 2.11. The first-order chi connectivity index (χ1) is 8.10. The summed E-state index contributed by atoms with van der Waals surface area (Å²) in [6, 6.07) is 2.89. The number of ether oxygens (including phenoxy) is 2. The molecule has 0 radical (unpaired) electrons. The molecule has 1 rings (SSSR count). The van der Waals surface area contributed by atoms with E-state index in [9.17, 15) is 4.39 Å². The number of nitrogens with two attached hydrogens (primary N) is 1. The van der Waals surface area contributed by atoms with Crippen molar-refractivity contribution in [1.29, 1.82) is 0 Å². The summed E-state index contributed by atoms with van der Waals surface area (Å²) >= 11 is 0. The van der Waals surface area contributed by atoms with Crippen molar-refractivity contribution >= 4 is 11.4 Å². The molecule has 17 heavy (non-hydrogen) atoms. The molecule has 0 saturated heterocycles. The number of nitrogen functional groups attached to an aromatic ring is 1. The van der Waals surface area contributed by atoms with E-state index < -0.39 is 0 Å². The van der Waals surface area contributed by atoms with E-state index in [1.807, 2.05) is 11.9 Å². The Labute approximate surface area is 101 Å². The summed E-state index contributed by atoms with van der Waals surface area (Å²) < 4.78 is 23.7. The predicted octanol–water partition coefficient (Wildman–Crippen LogP) is 1.89. The van der Waals surface area contributed by atoms with Crippen molar-refractivity contribution in [2.45, 2.75) is 6.42 Å². The van der Waals surface area contributed by atoms with E-state index in [2.05, 4.69) is 0 Å². The Hall–Kier alpha value is -1.49. The average molecular weight is 242 g/mol. The van der Waals surface area contributed by atoms with Gasteiger partial charge in [-0.1, -0.05) is 0 Å². The molecule has 5 heteroatoms. The number of anilines is 2. The zero-order chi connectivity index (χ0) is 12.8. The van der Waals surface area contributed by atoms with E-state index in [4.69, 9.17) is 15.2 Å². The number of hydrogen-bond donors (Lipinski definition) is 1. The largest absolute Gasteiger partial charge is 0.495 e. The molecule has 0 aliphatic heterocycles. The van der Waals surface area contributed by atoms with Gasteiger partial charge in [0.15, 0.2) is 0 Å². The Morgan fingerprint density at radius 1 is 1.35 bits per heavy atom. The van der Waals surface area contributed by atoms with Gasteiger partial charge >= 0.3 is 0 Å². The summed E-state index contributed by atoms with van der Waals surface area (Å²) in [6.07, 6.45) is 0.832. The highest BCUT2D eigenvalue weighted by Crippen LogP contribution is 2.30. The second kappa shape index (κ2) is 6.30. The van der Waals surface area contributed by atoms with Crippen molar-refractivity contribution in [3.8, 4) is 5.75 Å². The topological polar surface area (TPSA) is 47.7 Å². The van der Waals surface area contributed by atoms with Crippen molar-refractivity contribution in [2.24, 2.45) is 0 Å². The van der Waals surface area contributed by atoms with Crippen molar-refractivity contribution in [3.05, 3.63) is 17.9 Å². The fourth-order valence-corrected chi connectivity index (χ4v) is 1.59. The molecule has 0 aromatic heterocycles. The van der Waals surface area contributed by atoms with Crippen molar-refractivity contribution < 1.29 is 13.9 Å². The first kappa shape index (κ1) is 13.6. The van der Waals surface area contributed by atoms with Crippen LogP contribution in [0.1, 0.15) is 6.42 Å². The van der Waals surface area contributed by atoms with Gasteiger partial charge in [0.25, 0.3) is 0 Å². The van der Waals surface area contributed by atoms with Gasteiger partial charge in [-0.25, -0.2) is 4.39 Å². The minimum atomic E-state index is -0.344. The maximum Gasteiger partial charge on any atom is 0.148 e. The summed E-state index contributed by atoms with van der Waals surface area (Å²) in [5.41, 5.74) is 6.40. The lowest BCUT2D eigenvalue weighted by Crippen LogP contribution is -2.21. The molecule has 0 amide bonds. The van der Waals surface area contributed by atoms with Gasteiger partial charge in [-0.2, -0.15) is 0 Å². The van der Waals surface area contributed by atoms with Crippen LogP contribution < -0.4 is 15.4 Å². The van der Waals surface area contributed by atoms with Gasteiger partial charge in [-0.05, 0) is 6.42 Å². The van der Waals surface area contributed by atoms with Gasteiger partial charge < -0.3 is 20.1 Å². The Bertz CT molecular complexity index is 372. The summed E-state index contributed by atoms with van der Waals surface area (Å²) in [5, 5.41) is 0. The highest BCUT2D eigenvalue weighted by molar-refractivity contribution is 5.63. The third-order valence-electron chi connectivity index (χ3n) is 2.55. The fraction of sp³-hybridized carbons (Fsp3) is 0.500. The molecule has 4 nitrogen and oxygen atoms in total. The van der Waals surface area contributed by atoms with E-state index in [0.29, 0.717) is 30.3 Å². The molecule has 2 N–H and O–H groups in total. The second-order valence-electron chi connectivity index (χ2n) is 3.81. The second-order valence-corrected chi connectivity index (χ2v) is 3.81. The van der Waals surface area contributed by atoms with Gasteiger partial charge in [0.05, 0.1) is 18.5 Å². The molecule has 0 saturated carbocycles. The van der Waals surface area contributed by atoms with Gasteiger partial charge in [0, 0.05) is 39.4 Å². The minimum absolute atomic E-state index is 0.305. The van der Waals surface area contributed by atoms with E-state index in [1.54, 1.807) is 13.2 Å². The summed E-state index contributed by atoms with van der Waals surface area (Å²) in [4.78, 5) is 1.82. The Morgan fingerprint density at radius 3 is 2.65 bits per heavy atom. The van der Waals surface area contributed by atoms with Crippen LogP contribution in [0.25, 0.3) is 0 Å². The molecule has 0 unspecified atom stereocenters. The monoisotopic (exact) mass is 242 g/mol. The number of rotatable bonds is 6. The smallest absolute Gasteiger partial charge is 0.148 e. The van der Waals surface area contributed by atoms with Crippen LogP contribution in [0.2, 0.25) is 0 Å². The Morgan fingerprint density at radius 2 is 2.06 bits per heavy atom. The zero-order valence-corrected chi connectivity index (χ0v) is 10.5. The number of hydrogen-bond acceptors (Lipinski definition) is 4. The van der Waals surface area contributed by atoms with Crippen LogP contribution in [0.15, 0.2) is 12.1 Å². The van der Waals surface area contributed by atoms with E-state index in [-0.39, 0.29) is 5.82 Å². The molecule has 0 aliphatic carbocycles. The lowest BCUT2D eigenvalue weighted by atomic mass is 10.2. The van der Waals surface area contributed by atoms with Crippen LogP contribution in [0.5, 0.6) is 5.75 Å². The molecule has 0 aliphatic rings. The highest BCUT2D eigenvalue weighted by atomic mass is 19.1. The Balaban J connectivity index is 2.81. The SMILES string of the molecule is COCCCN(C)c1cc(OC)c(N)cc1F. The van der Waals surface area contributed by atoms with Crippen LogP contribution in [-0.4, -0.2) is 34.4 Å². The van der Waals surface area contributed by atoms with Crippen LogP contribution in [-0.2, 0) is 4.74 Å². The number of halogens is 1. The van der Waals surface area contributed by atoms with Gasteiger partial charge in [-0.15, -0.1) is 0 Å². The maximum atomic E-state index is 13.7. The molecular formula is C12H19FN2O2. The first-order valence-corrected chi connectivity index (χ1v) is 5.43. The van der Waals surface area contributed by atoms with Crippen molar-refractivity contribution in [1.82, 2.24) is 0 Å². The molecule has 1 aromatic rings. The third-order valence-corrected chi connectivity index (χ3v) is 2.55. The number of benzene rings is 1. The van der Waals surface area contributed by atoms with E-state index in [1.165, 1.54) is 13.2 Å². The lowest BCUT2D eigenvalue weighted by Gasteiger charge is -2.21.